The maximum absolute atomic E-state index is 5.60. The van der Waals surface area contributed by atoms with Crippen molar-refractivity contribution >= 4 is 15.9 Å². The van der Waals surface area contributed by atoms with Crippen LogP contribution in [0.5, 0.6) is 0 Å². The van der Waals surface area contributed by atoms with Gasteiger partial charge in [-0.05, 0) is 29.8 Å². The Hall–Kier alpha value is -0.420. The van der Waals surface area contributed by atoms with Crippen LogP contribution in [0, 0.1) is 0 Å². The summed E-state index contributed by atoms with van der Waals surface area (Å²) in [6.45, 7) is 1.79. The van der Waals surface area contributed by atoms with E-state index in [4.69, 9.17) is 15.2 Å². The first-order chi connectivity index (χ1) is 7.29. The van der Waals surface area contributed by atoms with Gasteiger partial charge >= 0.3 is 0 Å². The summed E-state index contributed by atoms with van der Waals surface area (Å²) in [5, 5.41) is 0. The van der Waals surface area contributed by atoms with Gasteiger partial charge in [0.2, 0.25) is 0 Å². The zero-order chi connectivity index (χ0) is 10.7. The lowest BCUT2D eigenvalue weighted by atomic mass is 10.1. The van der Waals surface area contributed by atoms with E-state index in [-0.39, 0.29) is 6.29 Å². The summed E-state index contributed by atoms with van der Waals surface area (Å²) in [6, 6.07) is 6.16. The van der Waals surface area contributed by atoms with Crippen molar-refractivity contribution < 1.29 is 9.47 Å². The number of benzene rings is 1. The van der Waals surface area contributed by atoms with Gasteiger partial charge in [0.1, 0.15) is 0 Å². The largest absolute Gasteiger partial charge is 0.348 e. The lowest BCUT2D eigenvalue weighted by molar-refractivity contribution is -0.150. The van der Waals surface area contributed by atoms with Crippen molar-refractivity contribution in [1.82, 2.24) is 0 Å². The topological polar surface area (TPSA) is 44.5 Å². The molecule has 82 valence electrons. The van der Waals surface area contributed by atoms with Gasteiger partial charge in [-0.2, -0.15) is 0 Å². The third-order valence-corrected chi connectivity index (χ3v) is 2.91. The zero-order valence-corrected chi connectivity index (χ0v) is 10.00. The minimum absolute atomic E-state index is 0.166. The van der Waals surface area contributed by atoms with Crippen molar-refractivity contribution in [3.05, 3.63) is 33.8 Å². The summed E-state index contributed by atoms with van der Waals surface area (Å²) < 4.78 is 12.3. The van der Waals surface area contributed by atoms with Gasteiger partial charge in [-0.25, -0.2) is 0 Å². The molecule has 0 saturated carbocycles. The number of ether oxygens (including phenoxy) is 2. The van der Waals surface area contributed by atoms with Crippen LogP contribution >= 0.6 is 15.9 Å². The molecule has 0 aliphatic carbocycles. The van der Waals surface area contributed by atoms with Crippen molar-refractivity contribution in [2.45, 2.75) is 25.9 Å². The molecular formula is C11H14BrNO2. The first-order valence-electron chi connectivity index (χ1n) is 5.00. The van der Waals surface area contributed by atoms with Crippen molar-refractivity contribution in [3.8, 4) is 0 Å². The first kappa shape index (κ1) is 11.1. The summed E-state index contributed by atoms with van der Waals surface area (Å²) in [5.74, 6) is 0. The van der Waals surface area contributed by atoms with Crippen LogP contribution in [0.4, 0.5) is 0 Å². The van der Waals surface area contributed by atoms with Crippen LogP contribution < -0.4 is 5.73 Å². The molecule has 0 saturated heterocycles. The second-order valence-electron chi connectivity index (χ2n) is 3.54. The van der Waals surface area contributed by atoms with Crippen LogP contribution in [-0.2, 0) is 22.7 Å². The van der Waals surface area contributed by atoms with E-state index in [0.717, 1.165) is 10.9 Å². The van der Waals surface area contributed by atoms with Gasteiger partial charge in [0.25, 0.3) is 0 Å². The standard InChI is InChI=1S/C11H14BrNO2/c12-10-2-1-8-6-14-11(3-4-13)15-7-9(8)5-10/h1-2,5,11H,3-4,6-7,13H2. The lowest BCUT2D eigenvalue weighted by Crippen LogP contribution is -2.18. The molecule has 0 aromatic heterocycles. The molecule has 1 unspecified atom stereocenters. The number of hydrogen-bond donors (Lipinski definition) is 1. The van der Waals surface area contributed by atoms with Crippen molar-refractivity contribution in [1.29, 1.82) is 0 Å². The van der Waals surface area contributed by atoms with Gasteiger partial charge in [-0.3, -0.25) is 0 Å². The van der Waals surface area contributed by atoms with E-state index in [1.54, 1.807) is 0 Å². The van der Waals surface area contributed by atoms with Crippen LogP contribution in [0.3, 0.4) is 0 Å². The summed E-state index contributed by atoms with van der Waals surface area (Å²) in [4.78, 5) is 0. The average molecular weight is 272 g/mol. The molecule has 3 nitrogen and oxygen atoms in total. The van der Waals surface area contributed by atoms with Crippen molar-refractivity contribution in [2.24, 2.45) is 5.73 Å². The fourth-order valence-electron chi connectivity index (χ4n) is 1.59. The van der Waals surface area contributed by atoms with Gasteiger partial charge in [0.05, 0.1) is 13.2 Å². The lowest BCUT2D eigenvalue weighted by Gasteiger charge is -2.13. The van der Waals surface area contributed by atoms with Crippen LogP contribution in [0.25, 0.3) is 0 Å². The summed E-state index contributed by atoms with van der Waals surface area (Å²) in [7, 11) is 0. The summed E-state index contributed by atoms with van der Waals surface area (Å²) >= 11 is 3.45. The Balaban J connectivity index is 2.11. The minimum atomic E-state index is -0.166. The second-order valence-corrected chi connectivity index (χ2v) is 4.46. The van der Waals surface area contributed by atoms with E-state index in [9.17, 15) is 0 Å². The molecule has 0 spiro atoms. The molecule has 0 amide bonds. The molecule has 0 radical (unpaired) electrons. The van der Waals surface area contributed by atoms with Crippen LogP contribution in [0.15, 0.2) is 22.7 Å². The smallest absolute Gasteiger partial charge is 0.159 e. The molecule has 1 aromatic rings. The van der Waals surface area contributed by atoms with Gasteiger partial charge in [-0.15, -0.1) is 0 Å². The number of rotatable bonds is 2. The first-order valence-corrected chi connectivity index (χ1v) is 5.79. The molecule has 0 fully saturated rings. The maximum Gasteiger partial charge on any atom is 0.159 e. The number of halogens is 1. The molecule has 1 aromatic carbocycles. The highest BCUT2D eigenvalue weighted by Gasteiger charge is 2.16. The molecule has 2 N–H and O–H groups in total. The second kappa shape index (κ2) is 5.07. The monoisotopic (exact) mass is 271 g/mol. The Labute approximate surface area is 97.7 Å². The minimum Gasteiger partial charge on any atom is -0.348 e. The fourth-order valence-corrected chi connectivity index (χ4v) is 1.99. The summed E-state index contributed by atoms with van der Waals surface area (Å²) in [6.07, 6.45) is 0.580. The van der Waals surface area contributed by atoms with E-state index in [1.807, 2.05) is 6.07 Å². The molecule has 1 atom stereocenters. The molecule has 1 aliphatic rings. The maximum atomic E-state index is 5.60. The SMILES string of the molecule is NCCC1OCc2ccc(Br)cc2CO1. The van der Waals surface area contributed by atoms with E-state index < -0.39 is 0 Å². The zero-order valence-electron chi connectivity index (χ0n) is 8.41. The van der Waals surface area contributed by atoms with Gasteiger partial charge < -0.3 is 15.2 Å². The van der Waals surface area contributed by atoms with Crippen LogP contribution in [-0.4, -0.2) is 12.8 Å². The molecule has 4 heteroatoms. The molecule has 15 heavy (non-hydrogen) atoms. The highest BCUT2D eigenvalue weighted by atomic mass is 79.9. The van der Waals surface area contributed by atoms with E-state index >= 15 is 0 Å². The third-order valence-electron chi connectivity index (χ3n) is 2.42. The predicted octanol–water partition coefficient (Wildman–Crippen LogP) is 2.17. The van der Waals surface area contributed by atoms with Crippen molar-refractivity contribution in [3.63, 3.8) is 0 Å². The third kappa shape index (κ3) is 2.78. The van der Waals surface area contributed by atoms with Crippen molar-refractivity contribution in [2.75, 3.05) is 6.54 Å². The Morgan fingerprint density at radius 3 is 2.73 bits per heavy atom. The predicted molar refractivity (Wildman–Crippen MR) is 61.2 cm³/mol. The fraction of sp³-hybridized carbons (Fsp3) is 0.455. The molecule has 1 aliphatic heterocycles. The van der Waals surface area contributed by atoms with Crippen LogP contribution in [0.2, 0.25) is 0 Å². The van der Waals surface area contributed by atoms with E-state index in [2.05, 4.69) is 28.1 Å². The highest BCUT2D eigenvalue weighted by Crippen LogP contribution is 2.22. The Morgan fingerprint density at radius 2 is 2.00 bits per heavy atom. The summed E-state index contributed by atoms with van der Waals surface area (Å²) in [5.41, 5.74) is 7.85. The molecule has 0 bridgehead atoms. The van der Waals surface area contributed by atoms with E-state index in [1.165, 1.54) is 11.1 Å². The average Bonchev–Trinajstić information content (AvgIpc) is 2.42. The van der Waals surface area contributed by atoms with Gasteiger partial charge in [-0.1, -0.05) is 22.0 Å². The molecule has 1 heterocycles. The number of hydrogen-bond acceptors (Lipinski definition) is 3. The Morgan fingerprint density at radius 1 is 1.27 bits per heavy atom. The van der Waals surface area contributed by atoms with E-state index in [0.29, 0.717) is 19.8 Å². The molecular weight excluding hydrogens is 258 g/mol. The quantitative estimate of drug-likeness (QED) is 0.897. The number of fused-ring (bicyclic) bond motifs is 1. The van der Waals surface area contributed by atoms with Gasteiger partial charge in [0, 0.05) is 10.9 Å². The number of nitrogens with two attached hydrogens (primary N) is 1. The molecule has 2 rings (SSSR count). The Kier molecular flexibility index (Phi) is 3.75. The normalized spacial score (nSPS) is 20.8. The van der Waals surface area contributed by atoms with Crippen LogP contribution in [0.1, 0.15) is 17.5 Å². The van der Waals surface area contributed by atoms with Gasteiger partial charge in [0.15, 0.2) is 6.29 Å². The highest BCUT2D eigenvalue weighted by molar-refractivity contribution is 9.10. The Bertz CT molecular complexity index is 343.